The van der Waals surface area contributed by atoms with Gasteiger partial charge in [-0.05, 0) is 24.3 Å². The highest BCUT2D eigenvalue weighted by Crippen LogP contribution is 2.39. The predicted octanol–water partition coefficient (Wildman–Crippen LogP) is 3.30. The zero-order valence-electron chi connectivity index (χ0n) is 11.5. The van der Waals surface area contributed by atoms with Crippen LogP contribution in [-0.4, -0.2) is 11.8 Å². The zero-order valence-corrected chi connectivity index (χ0v) is 11.5. The smallest absolute Gasteiger partial charge is 0.238 e. The minimum atomic E-state index is -0.179. The van der Waals surface area contributed by atoms with Gasteiger partial charge in [0.1, 0.15) is 0 Å². The van der Waals surface area contributed by atoms with Gasteiger partial charge in [0, 0.05) is 5.39 Å². The number of rotatable bonds is 1. The predicted molar refractivity (Wildman–Crippen MR) is 81.8 cm³/mol. The molecule has 1 heterocycles. The molecule has 1 fully saturated rings. The monoisotopic (exact) mass is 277 g/mol. The summed E-state index contributed by atoms with van der Waals surface area (Å²) >= 11 is 0. The summed E-state index contributed by atoms with van der Waals surface area (Å²) in [6.45, 7) is 0. The molecule has 0 radical (unpaired) electrons. The molecule has 21 heavy (non-hydrogen) atoms. The molecule has 0 N–H and O–H groups in total. The van der Waals surface area contributed by atoms with Crippen molar-refractivity contribution in [1.82, 2.24) is 0 Å². The van der Waals surface area contributed by atoms with Crippen LogP contribution < -0.4 is 4.90 Å². The van der Waals surface area contributed by atoms with Crippen LogP contribution in [0.1, 0.15) is 12.8 Å². The summed E-state index contributed by atoms with van der Waals surface area (Å²) in [5, 5.41) is 2.00. The van der Waals surface area contributed by atoms with Crippen molar-refractivity contribution in [2.24, 2.45) is 11.8 Å². The van der Waals surface area contributed by atoms with Crippen molar-refractivity contribution < 1.29 is 9.59 Å². The summed E-state index contributed by atoms with van der Waals surface area (Å²) in [5.74, 6) is -0.459. The normalized spacial score (nSPS) is 24.7. The number of anilines is 1. The van der Waals surface area contributed by atoms with Crippen LogP contribution >= 0.6 is 0 Å². The van der Waals surface area contributed by atoms with Crippen molar-refractivity contribution >= 4 is 28.3 Å². The molecule has 0 unspecified atom stereocenters. The molecule has 2 aromatic rings. The number of amides is 2. The Hall–Kier alpha value is -2.42. The molecule has 0 aromatic heterocycles. The second-order valence-electron chi connectivity index (χ2n) is 5.67. The van der Waals surface area contributed by atoms with E-state index >= 15 is 0 Å². The Labute approximate surface area is 122 Å². The Morgan fingerprint density at radius 3 is 2.14 bits per heavy atom. The van der Waals surface area contributed by atoms with E-state index in [9.17, 15) is 9.59 Å². The van der Waals surface area contributed by atoms with Gasteiger partial charge in [-0.15, -0.1) is 0 Å². The molecule has 2 aromatic carbocycles. The minimum Gasteiger partial charge on any atom is -0.274 e. The largest absolute Gasteiger partial charge is 0.274 e. The lowest BCUT2D eigenvalue weighted by atomic mass is 9.85. The molecule has 2 aliphatic rings. The van der Waals surface area contributed by atoms with Crippen LogP contribution in [0.25, 0.3) is 10.8 Å². The van der Waals surface area contributed by atoms with E-state index in [2.05, 4.69) is 0 Å². The van der Waals surface area contributed by atoms with E-state index in [1.807, 2.05) is 54.6 Å². The van der Waals surface area contributed by atoms with Gasteiger partial charge in [0.15, 0.2) is 0 Å². The first-order chi connectivity index (χ1) is 10.3. The average Bonchev–Trinajstić information content (AvgIpc) is 2.79. The van der Waals surface area contributed by atoms with Gasteiger partial charge < -0.3 is 0 Å². The number of imide groups is 1. The molecular weight excluding hydrogens is 262 g/mol. The van der Waals surface area contributed by atoms with E-state index < -0.39 is 0 Å². The van der Waals surface area contributed by atoms with Crippen LogP contribution in [-0.2, 0) is 9.59 Å². The van der Waals surface area contributed by atoms with Crippen LogP contribution in [0.3, 0.4) is 0 Å². The van der Waals surface area contributed by atoms with Crippen molar-refractivity contribution in [2.45, 2.75) is 12.8 Å². The van der Waals surface area contributed by atoms with E-state index in [1.165, 1.54) is 4.90 Å². The van der Waals surface area contributed by atoms with E-state index in [1.54, 1.807) is 0 Å². The van der Waals surface area contributed by atoms with Crippen LogP contribution in [0.4, 0.5) is 5.69 Å². The topological polar surface area (TPSA) is 37.4 Å². The van der Waals surface area contributed by atoms with Gasteiger partial charge in [-0.3, -0.25) is 9.59 Å². The first-order valence-electron chi connectivity index (χ1n) is 7.28. The molecule has 1 aliphatic carbocycles. The summed E-state index contributed by atoms with van der Waals surface area (Å²) < 4.78 is 0. The summed E-state index contributed by atoms with van der Waals surface area (Å²) in [7, 11) is 0. The Kier molecular flexibility index (Phi) is 2.67. The first kappa shape index (κ1) is 12.3. The van der Waals surface area contributed by atoms with Gasteiger partial charge in [-0.25, -0.2) is 4.90 Å². The van der Waals surface area contributed by atoms with Gasteiger partial charge in [0.2, 0.25) is 11.8 Å². The molecule has 2 atom stereocenters. The number of hydrogen-bond acceptors (Lipinski definition) is 2. The van der Waals surface area contributed by atoms with Gasteiger partial charge in [0.05, 0.1) is 17.5 Å². The van der Waals surface area contributed by atoms with Crippen molar-refractivity contribution in [1.29, 1.82) is 0 Å². The molecule has 3 heteroatoms. The fraction of sp³-hybridized carbons (Fsp3) is 0.222. The molecular formula is C18H15NO2. The van der Waals surface area contributed by atoms with Gasteiger partial charge in [0.25, 0.3) is 0 Å². The maximum atomic E-state index is 12.7. The van der Waals surface area contributed by atoms with Gasteiger partial charge in [-0.1, -0.05) is 48.6 Å². The number of benzene rings is 2. The number of fused-ring (bicyclic) bond motifs is 2. The third kappa shape index (κ3) is 1.74. The van der Waals surface area contributed by atoms with E-state index in [0.717, 1.165) is 16.5 Å². The molecule has 3 nitrogen and oxygen atoms in total. The molecule has 1 saturated heterocycles. The van der Waals surface area contributed by atoms with Crippen molar-refractivity contribution in [3.63, 3.8) is 0 Å². The van der Waals surface area contributed by atoms with Crippen molar-refractivity contribution in [3.05, 3.63) is 54.6 Å². The fourth-order valence-corrected chi connectivity index (χ4v) is 3.44. The summed E-state index contributed by atoms with van der Waals surface area (Å²) in [4.78, 5) is 26.7. The number of hydrogen-bond donors (Lipinski definition) is 0. The SMILES string of the molecule is O=C1[C@H]2CC=CC[C@H]2C(=O)N1c1cccc2ccccc12. The number of allylic oxidation sites excluding steroid dienone is 2. The molecule has 0 spiro atoms. The molecule has 2 amide bonds. The Bertz CT molecular complexity index is 746. The first-order valence-corrected chi connectivity index (χ1v) is 7.28. The second kappa shape index (κ2) is 4.55. The lowest BCUT2D eigenvalue weighted by Gasteiger charge is -2.17. The second-order valence-corrected chi connectivity index (χ2v) is 5.67. The summed E-state index contributed by atoms with van der Waals surface area (Å²) in [6, 6.07) is 13.6. The average molecular weight is 277 g/mol. The van der Waals surface area contributed by atoms with Crippen LogP contribution in [0.5, 0.6) is 0 Å². The Morgan fingerprint density at radius 1 is 0.810 bits per heavy atom. The summed E-state index contributed by atoms with van der Waals surface area (Å²) in [6.07, 6.45) is 5.38. The minimum absolute atomic E-state index is 0.0503. The van der Waals surface area contributed by atoms with Crippen LogP contribution in [0, 0.1) is 11.8 Å². The third-order valence-corrected chi connectivity index (χ3v) is 4.52. The molecule has 0 bridgehead atoms. The molecule has 1 aliphatic heterocycles. The lowest BCUT2D eigenvalue weighted by Crippen LogP contribution is -2.31. The number of carbonyl (C=O) groups is 2. The highest BCUT2D eigenvalue weighted by Gasteiger charge is 2.48. The van der Waals surface area contributed by atoms with E-state index in [4.69, 9.17) is 0 Å². The van der Waals surface area contributed by atoms with Crippen molar-refractivity contribution in [2.75, 3.05) is 4.90 Å². The maximum Gasteiger partial charge on any atom is 0.238 e. The maximum absolute atomic E-state index is 12.7. The summed E-state index contributed by atoms with van der Waals surface area (Å²) in [5.41, 5.74) is 0.720. The number of nitrogens with zero attached hydrogens (tertiary/aromatic N) is 1. The Morgan fingerprint density at radius 2 is 1.43 bits per heavy atom. The van der Waals surface area contributed by atoms with Gasteiger partial charge in [-0.2, -0.15) is 0 Å². The van der Waals surface area contributed by atoms with Gasteiger partial charge >= 0.3 is 0 Å². The standard InChI is InChI=1S/C18H15NO2/c20-17-14-9-3-4-10-15(14)18(21)19(17)16-11-5-7-12-6-1-2-8-13(12)16/h1-8,11,14-15H,9-10H2/t14-,15+. The number of carbonyl (C=O) groups excluding carboxylic acids is 2. The highest BCUT2D eigenvalue weighted by atomic mass is 16.2. The Balaban J connectivity index is 1.86. The quantitative estimate of drug-likeness (QED) is 0.592. The van der Waals surface area contributed by atoms with Crippen LogP contribution in [0.2, 0.25) is 0 Å². The fourth-order valence-electron chi connectivity index (χ4n) is 3.44. The lowest BCUT2D eigenvalue weighted by molar-refractivity contribution is -0.122. The molecule has 4 rings (SSSR count). The zero-order chi connectivity index (χ0) is 14.4. The molecule has 0 saturated carbocycles. The van der Waals surface area contributed by atoms with Crippen molar-refractivity contribution in [3.8, 4) is 0 Å². The third-order valence-electron chi connectivity index (χ3n) is 4.52. The van der Waals surface area contributed by atoms with E-state index in [0.29, 0.717) is 12.8 Å². The highest BCUT2D eigenvalue weighted by molar-refractivity contribution is 6.25. The van der Waals surface area contributed by atoms with E-state index in [-0.39, 0.29) is 23.7 Å². The van der Waals surface area contributed by atoms with Crippen LogP contribution in [0.15, 0.2) is 54.6 Å². The molecule has 104 valence electrons.